The average molecular weight is 351 g/mol. The number of amides is 1. The van der Waals surface area contributed by atoms with E-state index in [9.17, 15) is 4.79 Å². The van der Waals surface area contributed by atoms with Crippen molar-refractivity contribution in [2.24, 2.45) is 7.05 Å². The van der Waals surface area contributed by atoms with Gasteiger partial charge in [-0.2, -0.15) is 5.10 Å². The molecule has 7 heteroatoms. The normalized spacial score (nSPS) is 21.0. The number of rotatable bonds is 3. The standard InChI is InChI=1S/C15H26N4O.2ClH/c1-10-12(3)19(9-8-16-10)15(20)7-6-14-11(2)17-18(5)13(14)4;;/h10,12,16H,6-9H2,1-5H3;2*1H. The first-order valence-corrected chi connectivity index (χ1v) is 7.43. The second-order valence-electron chi connectivity index (χ2n) is 5.84. The molecule has 0 aromatic carbocycles. The van der Waals surface area contributed by atoms with Crippen LogP contribution in [0, 0.1) is 13.8 Å². The van der Waals surface area contributed by atoms with E-state index >= 15 is 0 Å². The maximum Gasteiger partial charge on any atom is 0.223 e. The van der Waals surface area contributed by atoms with Gasteiger partial charge in [0.15, 0.2) is 0 Å². The Bertz CT molecular complexity index is 504. The van der Waals surface area contributed by atoms with Gasteiger partial charge in [-0.25, -0.2) is 0 Å². The van der Waals surface area contributed by atoms with Crippen LogP contribution in [-0.2, 0) is 18.3 Å². The number of hydrogen-bond acceptors (Lipinski definition) is 3. The molecule has 2 heterocycles. The van der Waals surface area contributed by atoms with E-state index in [-0.39, 0.29) is 36.8 Å². The summed E-state index contributed by atoms with van der Waals surface area (Å²) in [5, 5.41) is 7.81. The second kappa shape index (κ2) is 8.75. The molecule has 0 bridgehead atoms. The summed E-state index contributed by atoms with van der Waals surface area (Å²) < 4.78 is 1.89. The lowest BCUT2D eigenvalue weighted by Crippen LogP contribution is -2.57. The Morgan fingerprint density at radius 1 is 1.32 bits per heavy atom. The van der Waals surface area contributed by atoms with Crippen LogP contribution in [-0.4, -0.2) is 45.8 Å². The number of carbonyl (C=O) groups excluding carboxylic acids is 1. The quantitative estimate of drug-likeness (QED) is 0.907. The van der Waals surface area contributed by atoms with E-state index < -0.39 is 0 Å². The zero-order valence-corrected chi connectivity index (χ0v) is 15.7. The summed E-state index contributed by atoms with van der Waals surface area (Å²) in [7, 11) is 1.95. The molecule has 1 amide bonds. The van der Waals surface area contributed by atoms with Crippen LogP contribution in [0.5, 0.6) is 0 Å². The molecule has 2 unspecified atom stereocenters. The monoisotopic (exact) mass is 350 g/mol. The molecule has 0 radical (unpaired) electrons. The van der Waals surface area contributed by atoms with Crippen molar-refractivity contribution in [2.75, 3.05) is 13.1 Å². The maximum atomic E-state index is 12.4. The summed E-state index contributed by atoms with van der Waals surface area (Å²) >= 11 is 0. The molecular formula is C15H28Cl2N4O. The fourth-order valence-electron chi connectivity index (χ4n) is 2.96. The fourth-order valence-corrected chi connectivity index (χ4v) is 2.96. The molecule has 22 heavy (non-hydrogen) atoms. The molecule has 0 saturated carbocycles. The van der Waals surface area contributed by atoms with Gasteiger partial charge in [0.25, 0.3) is 0 Å². The largest absolute Gasteiger partial charge is 0.337 e. The van der Waals surface area contributed by atoms with Gasteiger partial charge in [0.2, 0.25) is 5.91 Å². The summed E-state index contributed by atoms with van der Waals surface area (Å²) in [6, 6.07) is 0.641. The Hall–Kier alpha value is -0.780. The Balaban J connectivity index is 0.00000220. The van der Waals surface area contributed by atoms with Crippen molar-refractivity contribution < 1.29 is 4.79 Å². The molecule has 1 saturated heterocycles. The van der Waals surface area contributed by atoms with Gasteiger partial charge in [-0.1, -0.05) is 0 Å². The van der Waals surface area contributed by atoms with Crippen LogP contribution >= 0.6 is 24.8 Å². The van der Waals surface area contributed by atoms with Crippen molar-refractivity contribution in [1.29, 1.82) is 0 Å². The molecule has 5 nitrogen and oxygen atoms in total. The fraction of sp³-hybridized carbons (Fsp3) is 0.733. The van der Waals surface area contributed by atoms with Crippen molar-refractivity contribution in [2.45, 2.75) is 52.6 Å². The Kier molecular flexibility index (Phi) is 8.44. The molecule has 2 rings (SSSR count). The molecule has 1 aliphatic heterocycles. The topological polar surface area (TPSA) is 50.2 Å². The maximum absolute atomic E-state index is 12.4. The van der Waals surface area contributed by atoms with Gasteiger partial charge in [-0.3, -0.25) is 9.48 Å². The lowest BCUT2D eigenvalue weighted by Gasteiger charge is -2.38. The van der Waals surface area contributed by atoms with Gasteiger partial charge >= 0.3 is 0 Å². The van der Waals surface area contributed by atoms with E-state index in [4.69, 9.17) is 0 Å². The Labute approximate surface area is 145 Å². The van der Waals surface area contributed by atoms with Crippen LogP contribution in [0.25, 0.3) is 0 Å². The van der Waals surface area contributed by atoms with Crippen LogP contribution in [0.4, 0.5) is 0 Å². The first-order valence-electron chi connectivity index (χ1n) is 7.43. The molecule has 1 aromatic heterocycles. The van der Waals surface area contributed by atoms with Crippen molar-refractivity contribution in [3.8, 4) is 0 Å². The molecule has 0 spiro atoms. The minimum Gasteiger partial charge on any atom is -0.337 e. The minimum atomic E-state index is 0. The lowest BCUT2D eigenvalue weighted by atomic mass is 10.0. The van der Waals surface area contributed by atoms with Crippen molar-refractivity contribution in [1.82, 2.24) is 20.0 Å². The molecule has 128 valence electrons. The molecule has 1 aliphatic rings. The number of carbonyl (C=O) groups is 1. The number of nitrogens with one attached hydrogen (secondary N) is 1. The number of aromatic nitrogens is 2. The number of nitrogens with zero attached hydrogens (tertiary/aromatic N) is 3. The average Bonchev–Trinajstić information content (AvgIpc) is 2.64. The molecule has 1 N–H and O–H groups in total. The van der Waals surface area contributed by atoms with E-state index in [2.05, 4.69) is 31.2 Å². The van der Waals surface area contributed by atoms with Gasteiger partial charge in [0.1, 0.15) is 0 Å². The van der Waals surface area contributed by atoms with E-state index in [1.165, 1.54) is 5.56 Å². The van der Waals surface area contributed by atoms with Crippen molar-refractivity contribution in [3.63, 3.8) is 0 Å². The first-order chi connectivity index (χ1) is 9.41. The number of hydrogen-bond donors (Lipinski definition) is 1. The van der Waals surface area contributed by atoms with Gasteiger partial charge in [-0.15, -0.1) is 24.8 Å². The predicted octanol–water partition coefficient (Wildman–Crippen LogP) is 2.02. The van der Waals surface area contributed by atoms with E-state index in [0.717, 1.165) is 30.9 Å². The zero-order chi connectivity index (χ0) is 14.9. The molecule has 2 atom stereocenters. The highest BCUT2D eigenvalue weighted by Crippen LogP contribution is 2.16. The first kappa shape index (κ1) is 21.2. The highest BCUT2D eigenvalue weighted by atomic mass is 35.5. The van der Waals surface area contributed by atoms with Gasteiger partial charge < -0.3 is 10.2 Å². The summed E-state index contributed by atoms with van der Waals surface area (Å²) in [5.41, 5.74) is 3.42. The molecule has 0 aliphatic carbocycles. The third-order valence-electron chi connectivity index (χ3n) is 4.60. The van der Waals surface area contributed by atoms with E-state index in [0.29, 0.717) is 12.5 Å². The number of piperazine rings is 1. The van der Waals surface area contributed by atoms with Crippen LogP contribution in [0.1, 0.15) is 37.2 Å². The van der Waals surface area contributed by atoms with Crippen LogP contribution in [0.15, 0.2) is 0 Å². The number of halogens is 2. The number of aryl methyl sites for hydroxylation is 2. The van der Waals surface area contributed by atoms with Gasteiger partial charge in [-0.05, 0) is 39.7 Å². The third-order valence-corrected chi connectivity index (χ3v) is 4.60. The van der Waals surface area contributed by atoms with Crippen LogP contribution in [0.2, 0.25) is 0 Å². The predicted molar refractivity (Wildman–Crippen MR) is 94.1 cm³/mol. The van der Waals surface area contributed by atoms with Gasteiger partial charge in [0, 0.05) is 44.3 Å². The highest BCUT2D eigenvalue weighted by molar-refractivity contribution is 5.85. The summed E-state index contributed by atoms with van der Waals surface area (Å²) in [6.45, 7) is 10.0. The Morgan fingerprint density at radius 2 is 1.95 bits per heavy atom. The van der Waals surface area contributed by atoms with E-state index in [1.807, 2.05) is 23.6 Å². The van der Waals surface area contributed by atoms with Crippen LogP contribution < -0.4 is 5.32 Å². The van der Waals surface area contributed by atoms with Crippen molar-refractivity contribution in [3.05, 3.63) is 17.0 Å². The SMILES string of the molecule is Cc1nn(C)c(C)c1CCC(=O)N1CCNC(C)C1C.Cl.Cl. The second-order valence-corrected chi connectivity index (χ2v) is 5.84. The van der Waals surface area contributed by atoms with Gasteiger partial charge in [0.05, 0.1) is 5.69 Å². The zero-order valence-electron chi connectivity index (χ0n) is 14.0. The lowest BCUT2D eigenvalue weighted by molar-refractivity contribution is -0.134. The molecule has 1 fully saturated rings. The van der Waals surface area contributed by atoms with Crippen LogP contribution in [0.3, 0.4) is 0 Å². The molecule has 1 aromatic rings. The highest BCUT2D eigenvalue weighted by Gasteiger charge is 2.27. The molecular weight excluding hydrogens is 323 g/mol. The summed E-state index contributed by atoms with van der Waals surface area (Å²) in [4.78, 5) is 14.4. The van der Waals surface area contributed by atoms with Crippen molar-refractivity contribution >= 4 is 30.7 Å². The Morgan fingerprint density at radius 3 is 2.50 bits per heavy atom. The minimum absolute atomic E-state index is 0. The summed E-state index contributed by atoms with van der Waals surface area (Å²) in [6.07, 6.45) is 1.36. The third kappa shape index (κ3) is 4.37. The van der Waals surface area contributed by atoms with E-state index in [1.54, 1.807) is 0 Å². The summed E-state index contributed by atoms with van der Waals surface area (Å²) in [5.74, 6) is 0.258. The smallest absolute Gasteiger partial charge is 0.223 e.